The summed E-state index contributed by atoms with van der Waals surface area (Å²) in [4.78, 5) is 37.3. The van der Waals surface area contributed by atoms with Gasteiger partial charge in [0.05, 0.1) is 5.56 Å². The second-order valence-electron chi connectivity index (χ2n) is 5.29. The fourth-order valence-electron chi connectivity index (χ4n) is 2.27. The molecule has 0 saturated heterocycles. The maximum absolute atomic E-state index is 12.3. The average molecular weight is 327 g/mol. The van der Waals surface area contributed by atoms with Crippen molar-refractivity contribution in [1.82, 2.24) is 4.98 Å². The van der Waals surface area contributed by atoms with Gasteiger partial charge in [-0.15, -0.1) is 0 Å². The average Bonchev–Trinajstić information content (AvgIpc) is 2.50. The number of hydrogen-bond acceptors (Lipinski definition) is 4. The van der Waals surface area contributed by atoms with Crippen molar-refractivity contribution in [3.63, 3.8) is 0 Å². The van der Waals surface area contributed by atoms with Gasteiger partial charge in [0.25, 0.3) is 5.56 Å². The fraction of sp³-hybridized carbons (Fsp3) is 0.167. The lowest BCUT2D eigenvalue weighted by molar-refractivity contribution is -0.139. The Labute approximate surface area is 138 Å². The monoisotopic (exact) mass is 327 g/mol. The van der Waals surface area contributed by atoms with Gasteiger partial charge in [-0.2, -0.15) is 0 Å². The first-order chi connectivity index (χ1) is 11.4. The molecule has 1 aromatic heterocycles. The van der Waals surface area contributed by atoms with E-state index in [0.29, 0.717) is 22.6 Å². The molecular weight excluding hydrogens is 310 g/mol. The zero-order valence-corrected chi connectivity index (χ0v) is 13.3. The number of carboxylic acids is 1. The second-order valence-corrected chi connectivity index (χ2v) is 5.29. The fourth-order valence-corrected chi connectivity index (χ4v) is 2.27. The van der Waals surface area contributed by atoms with Crippen LogP contribution >= 0.6 is 0 Å². The maximum atomic E-state index is 12.3. The first-order valence-electron chi connectivity index (χ1n) is 7.24. The van der Waals surface area contributed by atoms with Crippen LogP contribution in [0.25, 0.3) is 6.08 Å². The van der Waals surface area contributed by atoms with Crippen LogP contribution in [0.1, 0.15) is 27.2 Å². The molecule has 0 spiro atoms. The predicted molar refractivity (Wildman–Crippen MR) is 89.5 cm³/mol. The van der Waals surface area contributed by atoms with E-state index in [0.717, 1.165) is 0 Å². The topological polar surface area (TPSA) is 96.5 Å². The molecule has 0 bridgehead atoms. The van der Waals surface area contributed by atoms with E-state index in [-0.39, 0.29) is 5.56 Å². The Bertz CT molecular complexity index is 864. The van der Waals surface area contributed by atoms with Crippen LogP contribution in [0.3, 0.4) is 0 Å². The van der Waals surface area contributed by atoms with E-state index >= 15 is 0 Å². The van der Waals surface area contributed by atoms with E-state index in [1.54, 1.807) is 50.3 Å². The van der Waals surface area contributed by atoms with Crippen LogP contribution in [0.15, 0.2) is 41.2 Å². The molecule has 2 N–H and O–H groups in total. The Balaban J connectivity index is 2.19. The van der Waals surface area contributed by atoms with Crippen molar-refractivity contribution < 1.29 is 19.4 Å². The van der Waals surface area contributed by atoms with E-state index in [9.17, 15) is 14.4 Å². The molecule has 0 aliphatic heterocycles. The summed E-state index contributed by atoms with van der Waals surface area (Å²) in [6.45, 7) is 3.02. The summed E-state index contributed by atoms with van der Waals surface area (Å²) in [6.07, 6.45) is 2.86. The molecule has 0 aliphatic rings. The van der Waals surface area contributed by atoms with Gasteiger partial charge in [-0.1, -0.05) is 18.2 Å². The largest absolute Gasteiger partial charge is 0.482 e. The van der Waals surface area contributed by atoms with Crippen molar-refractivity contribution in [2.75, 3.05) is 6.61 Å². The Morgan fingerprint density at radius 3 is 2.67 bits per heavy atom. The SMILES string of the molecule is Cc1cc(C)c(C(=O)C=Cc2cccc(OCC(=O)O)c2)c(=O)[nH]1. The molecule has 2 rings (SSSR count). The lowest BCUT2D eigenvalue weighted by atomic mass is 10.0. The van der Waals surface area contributed by atoms with Crippen molar-refractivity contribution in [1.29, 1.82) is 0 Å². The number of allylic oxidation sites excluding steroid dienone is 1. The molecule has 0 saturated carbocycles. The van der Waals surface area contributed by atoms with Gasteiger partial charge in [0.15, 0.2) is 12.4 Å². The van der Waals surface area contributed by atoms with Crippen LogP contribution in [0.2, 0.25) is 0 Å². The summed E-state index contributed by atoms with van der Waals surface area (Å²) in [5, 5.41) is 8.60. The van der Waals surface area contributed by atoms with Crippen LogP contribution in [-0.4, -0.2) is 28.4 Å². The molecule has 6 nitrogen and oxygen atoms in total. The van der Waals surface area contributed by atoms with Gasteiger partial charge in [0.2, 0.25) is 0 Å². The number of aryl methyl sites for hydroxylation is 2. The Morgan fingerprint density at radius 1 is 1.25 bits per heavy atom. The molecule has 2 aromatic rings. The highest BCUT2D eigenvalue weighted by atomic mass is 16.5. The van der Waals surface area contributed by atoms with Gasteiger partial charge in [0, 0.05) is 5.69 Å². The number of pyridine rings is 1. The highest BCUT2D eigenvalue weighted by Crippen LogP contribution is 2.15. The Morgan fingerprint density at radius 2 is 2.00 bits per heavy atom. The molecule has 0 unspecified atom stereocenters. The smallest absolute Gasteiger partial charge is 0.341 e. The number of benzene rings is 1. The molecule has 1 aromatic carbocycles. The Hall–Kier alpha value is -3.15. The number of aliphatic carboxylic acids is 1. The minimum atomic E-state index is -1.07. The van der Waals surface area contributed by atoms with E-state index in [4.69, 9.17) is 9.84 Å². The molecule has 1 heterocycles. The molecule has 124 valence electrons. The third-order valence-corrected chi connectivity index (χ3v) is 3.26. The number of hydrogen-bond donors (Lipinski definition) is 2. The maximum Gasteiger partial charge on any atom is 0.341 e. The molecule has 0 radical (unpaired) electrons. The zero-order valence-electron chi connectivity index (χ0n) is 13.3. The van der Waals surface area contributed by atoms with Crippen molar-refractivity contribution in [3.8, 4) is 5.75 Å². The van der Waals surface area contributed by atoms with Crippen LogP contribution in [0.4, 0.5) is 0 Å². The Kier molecular flexibility index (Phi) is 5.31. The number of aromatic amines is 1. The van der Waals surface area contributed by atoms with Gasteiger partial charge in [-0.3, -0.25) is 9.59 Å². The van der Waals surface area contributed by atoms with Gasteiger partial charge in [-0.25, -0.2) is 4.79 Å². The normalized spacial score (nSPS) is 10.8. The number of aromatic nitrogens is 1. The molecule has 0 amide bonds. The summed E-state index contributed by atoms with van der Waals surface area (Å²) < 4.78 is 5.08. The number of carbonyl (C=O) groups excluding carboxylic acids is 1. The minimum absolute atomic E-state index is 0.107. The number of carboxylic acid groups (broad SMARTS) is 1. The highest BCUT2D eigenvalue weighted by Gasteiger charge is 2.11. The summed E-state index contributed by atoms with van der Waals surface area (Å²) in [5.41, 5.74) is 1.66. The summed E-state index contributed by atoms with van der Waals surface area (Å²) in [5.74, 6) is -1.08. The molecular formula is C18H17NO5. The number of nitrogens with one attached hydrogen (secondary N) is 1. The second kappa shape index (κ2) is 7.41. The summed E-state index contributed by atoms with van der Waals surface area (Å²) in [7, 11) is 0. The highest BCUT2D eigenvalue weighted by molar-refractivity contribution is 6.07. The first kappa shape index (κ1) is 17.2. The number of carbonyl (C=O) groups is 2. The molecule has 0 aliphatic carbocycles. The quantitative estimate of drug-likeness (QED) is 0.627. The summed E-state index contributed by atoms with van der Waals surface area (Å²) >= 11 is 0. The van der Waals surface area contributed by atoms with Crippen molar-refractivity contribution in [2.45, 2.75) is 13.8 Å². The van der Waals surface area contributed by atoms with Crippen LogP contribution in [-0.2, 0) is 4.79 Å². The minimum Gasteiger partial charge on any atom is -0.482 e. The summed E-state index contributed by atoms with van der Waals surface area (Å²) in [6, 6.07) is 8.40. The van der Waals surface area contributed by atoms with Crippen LogP contribution in [0, 0.1) is 13.8 Å². The third-order valence-electron chi connectivity index (χ3n) is 3.26. The van der Waals surface area contributed by atoms with E-state index in [2.05, 4.69) is 4.98 Å². The van der Waals surface area contributed by atoms with Crippen LogP contribution < -0.4 is 10.3 Å². The molecule has 24 heavy (non-hydrogen) atoms. The van der Waals surface area contributed by atoms with E-state index in [1.807, 2.05) is 0 Å². The van der Waals surface area contributed by atoms with E-state index < -0.39 is 23.9 Å². The van der Waals surface area contributed by atoms with Crippen molar-refractivity contribution in [3.05, 3.63) is 69.1 Å². The molecule has 6 heteroatoms. The third kappa shape index (κ3) is 4.42. The van der Waals surface area contributed by atoms with E-state index in [1.165, 1.54) is 6.08 Å². The lowest BCUT2D eigenvalue weighted by Crippen LogP contribution is -2.19. The number of ketones is 1. The molecule has 0 atom stereocenters. The number of H-pyrrole nitrogens is 1. The van der Waals surface area contributed by atoms with Gasteiger partial charge < -0.3 is 14.8 Å². The molecule has 0 fully saturated rings. The number of ether oxygens (including phenoxy) is 1. The lowest BCUT2D eigenvalue weighted by Gasteiger charge is -2.04. The van der Waals surface area contributed by atoms with Crippen molar-refractivity contribution >= 4 is 17.8 Å². The standard InChI is InChI=1S/C18H17NO5/c1-11-8-12(2)19-18(23)17(11)15(20)7-6-13-4-3-5-14(9-13)24-10-16(21)22/h3-9H,10H2,1-2H3,(H,19,23)(H,21,22). The van der Waals surface area contributed by atoms with Crippen LogP contribution in [0.5, 0.6) is 5.75 Å². The van der Waals surface area contributed by atoms with Crippen molar-refractivity contribution in [2.24, 2.45) is 0 Å². The van der Waals surface area contributed by atoms with Gasteiger partial charge in [-0.05, 0) is 49.2 Å². The number of rotatable bonds is 6. The van der Waals surface area contributed by atoms with Gasteiger partial charge in [0.1, 0.15) is 5.75 Å². The predicted octanol–water partition coefficient (Wildman–Crippen LogP) is 2.35. The first-order valence-corrected chi connectivity index (χ1v) is 7.24. The van der Waals surface area contributed by atoms with Gasteiger partial charge >= 0.3 is 5.97 Å². The zero-order chi connectivity index (χ0) is 17.7.